The third-order valence-electron chi connectivity index (χ3n) is 2.76. The Bertz CT molecular complexity index is 468. The second kappa shape index (κ2) is 6.13. The summed E-state index contributed by atoms with van der Waals surface area (Å²) in [4.78, 5) is 11.9. The maximum atomic E-state index is 11.9. The Kier molecular flexibility index (Phi) is 5.00. The first-order chi connectivity index (χ1) is 9.13. The van der Waals surface area contributed by atoms with Gasteiger partial charge in [0.05, 0.1) is 5.54 Å². The van der Waals surface area contributed by atoms with Gasteiger partial charge in [-0.1, -0.05) is 12.1 Å². The Morgan fingerprint density at radius 3 is 2.50 bits per heavy atom. The molecular weight excluding hydrogens is 256 g/mol. The van der Waals surface area contributed by atoms with Gasteiger partial charge in [-0.25, -0.2) is 4.79 Å². The van der Waals surface area contributed by atoms with Gasteiger partial charge in [-0.15, -0.1) is 0 Å². The van der Waals surface area contributed by atoms with Crippen LogP contribution < -0.4 is 11.1 Å². The van der Waals surface area contributed by atoms with Crippen molar-refractivity contribution in [2.75, 3.05) is 6.54 Å². The number of ether oxygens (including phenoxy) is 1. The topological polar surface area (TPSA) is 84.6 Å². The van der Waals surface area contributed by atoms with E-state index in [1.165, 1.54) is 0 Å². The molecule has 1 aromatic rings. The van der Waals surface area contributed by atoms with Gasteiger partial charge in [0.2, 0.25) is 0 Å². The quantitative estimate of drug-likeness (QED) is 0.789. The molecule has 0 saturated heterocycles. The van der Waals surface area contributed by atoms with E-state index in [9.17, 15) is 9.90 Å². The largest absolute Gasteiger partial charge is 0.508 e. The van der Waals surface area contributed by atoms with Gasteiger partial charge in [-0.05, 0) is 51.8 Å². The van der Waals surface area contributed by atoms with Crippen LogP contribution in [0.5, 0.6) is 5.75 Å². The molecule has 112 valence electrons. The molecule has 0 radical (unpaired) electrons. The van der Waals surface area contributed by atoms with Crippen molar-refractivity contribution >= 4 is 6.09 Å². The van der Waals surface area contributed by atoms with Crippen molar-refractivity contribution in [1.29, 1.82) is 0 Å². The summed E-state index contributed by atoms with van der Waals surface area (Å²) in [5.74, 6) is 0.194. The fourth-order valence-electron chi connectivity index (χ4n) is 1.83. The normalized spacial score (nSPS) is 14.4. The van der Waals surface area contributed by atoms with Gasteiger partial charge in [0.25, 0.3) is 0 Å². The van der Waals surface area contributed by atoms with Crippen LogP contribution in [0.2, 0.25) is 0 Å². The summed E-state index contributed by atoms with van der Waals surface area (Å²) in [6.45, 7) is 7.54. The first-order valence-electron chi connectivity index (χ1n) is 6.63. The summed E-state index contributed by atoms with van der Waals surface area (Å²) in [5.41, 5.74) is 5.49. The van der Waals surface area contributed by atoms with E-state index in [0.717, 1.165) is 5.56 Å². The molecule has 20 heavy (non-hydrogen) atoms. The number of amides is 1. The van der Waals surface area contributed by atoms with Crippen LogP contribution in [-0.2, 0) is 11.2 Å². The first kappa shape index (κ1) is 16.3. The van der Waals surface area contributed by atoms with Crippen molar-refractivity contribution in [3.05, 3.63) is 29.8 Å². The summed E-state index contributed by atoms with van der Waals surface area (Å²) >= 11 is 0. The number of hydrogen-bond acceptors (Lipinski definition) is 4. The lowest BCUT2D eigenvalue weighted by Crippen LogP contribution is -2.54. The zero-order valence-electron chi connectivity index (χ0n) is 12.6. The van der Waals surface area contributed by atoms with E-state index < -0.39 is 17.2 Å². The standard InChI is InChI=1S/C15H24N2O3/c1-14(2,3)20-13(19)17-15(4,10-16)9-11-6-5-7-12(18)8-11/h5-8,18H,9-10,16H2,1-4H3,(H,17,19). The Balaban J connectivity index is 2.74. The van der Waals surface area contributed by atoms with Crippen LogP contribution in [0.4, 0.5) is 4.79 Å². The van der Waals surface area contributed by atoms with Crippen LogP contribution in [0.3, 0.4) is 0 Å². The smallest absolute Gasteiger partial charge is 0.408 e. The van der Waals surface area contributed by atoms with E-state index in [1.54, 1.807) is 18.2 Å². The highest BCUT2D eigenvalue weighted by Crippen LogP contribution is 2.18. The molecule has 4 N–H and O–H groups in total. The van der Waals surface area contributed by atoms with Gasteiger partial charge in [0.1, 0.15) is 11.4 Å². The zero-order valence-corrected chi connectivity index (χ0v) is 12.6. The highest BCUT2D eigenvalue weighted by Gasteiger charge is 2.28. The van der Waals surface area contributed by atoms with Crippen LogP contribution in [0.25, 0.3) is 0 Å². The van der Waals surface area contributed by atoms with Crippen LogP contribution in [-0.4, -0.2) is 28.9 Å². The van der Waals surface area contributed by atoms with E-state index in [1.807, 2.05) is 33.8 Å². The molecule has 0 aliphatic carbocycles. The maximum Gasteiger partial charge on any atom is 0.408 e. The number of rotatable bonds is 4. The van der Waals surface area contributed by atoms with Crippen LogP contribution >= 0.6 is 0 Å². The lowest BCUT2D eigenvalue weighted by atomic mass is 9.93. The molecule has 1 atom stereocenters. The minimum absolute atomic E-state index is 0.194. The van der Waals surface area contributed by atoms with Crippen LogP contribution in [0.15, 0.2) is 24.3 Å². The molecule has 1 rings (SSSR count). The SMILES string of the molecule is CC(CN)(Cc1cccc(O)c1)NC(=O)OC(C)(C)C. The van der Waals surface area contributed by atoms with Gasteiger partial charge in [-0.2, -0.15) is 0 Å². The van der Waals surface area contributed by atoms with Crippen molar-refractivity contribution in [3.63, 3.8) is 0 Å². The first-order valence-corrected chi connectivity index (χ1v) is 6.63. The third-order valence-corrected chi connectivity index (χ3v) is 2.76. The van der Waals surface area contributed by atoms with E-state index in [4.69, 9.17) is 10.5 Å². The average Bonchev–Trinajstić information content (AvgIpc) is 2.25. The van der Waals surface area contributed by atoms with E-state index in [0.29, 0.717) is 6.42 Å². The van der Waals surface area contributed by atoms with Crippen molar-refractivity contribution in [3.8, 4) is 5.75 Å². The molecule has 0 bridgehead atoms. The minimum Gasteiger partial charge on any atom is -0.508 e. The van der Waals surface area contributed by atoms with Gasteiger partial charge >= 0.3 is 6.09 Å². The van der Waals surface area contributed by atoms with Gasteiger partial charge in [-0.3, -0.25) is 0 Å². The fraction of sp³-hybridized carbons (Fsp3) is 0.533. The minimum atomic E-state index is -0.629. The van der Waals surface area contributed by atoms with Gasteiger partial charge < -0.3 is 20.9 Å². The number of aromatic hydroxyl groups is 1. The molecule has 0 aliphatic heterocycles. The highest BCUT2D eigenvalue weighted by molar-refractivity contribution is 5.68. The van der Waals surface area contributed by atoms with Crippen molar-refractivity contribution < 1.29 is 14.6 Å². The third kappa shape index (κ3) is 5.48. The molecule has 0 heterocycles. The molecule has 1 aromatic carbocycles. The fourth-order valence-corrected chi connectivity index (χ4v) is 1.83. The number of carbonyl (C=O) groups is 1. The molecule has 0 saturated carbocycles. The number of carbonyl (C=O) groups excluding carboxylic acids is 1. The summed E-state index contributed by atoms with van der Waals surface area (Å²) in [6.07, 6.45) is 0.0162. The lowest BCUT2D eigenvalue weighted by molar-refractivity contribution is 0.0467. The number of phenolic OH excluding ortho intramolecular Hbond substituents is 1. The van der Waals surface area contributed by atoms with Crippen LogP contribution in [0.1, 0.15) is 33.3 Å². The molecule has 5 nitrogen and oxygen atoms in total. The number of benzene rings is 1. The average molecular weight is 280 g/mol. The zero-order chi connectivity index (χ0) is 15.4. The number of phenols is 1. The Morgan fingerprint density at radius 2 is 2.00 bits per heavy atom. The lowest BCUT2D eigenvalue weighted by Gasteiger charge is -2.31. The molecule has 0 aromatic heterocycles. The van der Waals surface area contributed by atoms with Crippen molar-refractivity contribution in [1.82, 2.24) is 5.32 Å². The summed E-state index contributed by atoms with van der Waals surface area (Å²) in [7, 11) is 0. The van der Waals surface area contributed by atoms with E-state index >= 15 is 0 Å². The molecule has 0 spiro atoms. The predicted molar refractivity (Wildman–Crippen MR) is 78.6 cm³/mol. The van der Waals surface area contributed by atoms with Gasteiger partial charge in [0, 0.05) is 6.54 Å². The Morgan fingerprint density at radius 1 is 1.35 bits per heavy atom. The predicted octanol–water partition coefficient (Wildman–Crippen LogP) is 2.18. The number of nitrogens with two attached hydrogens (primary N) is 1. The number of alkyl carbamates (subject to hydrolysis) is 1. The molecule has 1 unspecified atom stereocenters. The van der Waals surface area contributed by atoms with E-state index in [-0.39, 0.29) is 12.3 Å². The molecule has 5 heteroatoms. The monoisotopic (exact) mass is 280 g/mol. The van der Waals surface area contributed by atoms with Gasteiger partial charge in [0.15, 0.2) is 0 Å². The number of hydrogen-bond donors (Lipinski definition) is 3. The molecule has 1 amide bonds. The Labute approximate surface area is 120 Å². The second-order valence-corrected chi connectivity index (χ2v) is 6.24. The highest BCUT2D eigenvalue weighted by atomic mass is 16.6. The van der Waals surface area contributed by atoms with E-state index in [2.05, 4.69) is 5.32 Å². The second-order valence-electron chi connectivity index (χ2n) is 6.24. The number of nitrogens with one attached hydrogen (secondary N) is 1. The molecule has 0 aliphatic rings. The summed E-state index contributed by atoms with van der Waals surface area (Å²) < 4.78 is 5.24. The van der Waals surface area contributed by atoms with Crippen molar-refractivity contribution in [2.45, 2.75) is 45.3 Å². The maximum absolute atomic E-state index is 11.9. The molecular formula is C15H24N2O3. The van der Waals surface area contributed by atoms with Crippen molar-refractivity contribution in [2.24, 2.45) is 5.73 Å². The van der Waals surface area contributed by atoms with Crippen LogP contribution in [0, 0.1) is 0 Å². The summed E-state index contributed by atoms with van der Waals surface area (Å²) in [5, 5.41) is 12.3. The molecule has 0 fully saturated rings. The summed E-state index contributed by atoms with van der Waals surface area (Å²) in [6, 6.07) is 6.90. The Hall–Kier alpha value is -1.75.